The molecule has 0 fully saturated rings. The average molecular weight is 453 g/mol. The number of anilines is 1. The largest absolute Gasteiger partial charge is 0.326 e. The fourth-order valence-corrected chi connectivity index (χ4v) is 5.09. The van der Waals surface area contributed by atoms with Gasteiger partial charge in [0.15, 0.2) is 9.84 Å². The Hall–Kier alpha value is -2.23. The Morgan fingerprint density at radius 2 is 1.50 bits per heavy atom. The van der Waals surface area contributed by atoms with Gasteiger partial charge in [-0.2, -0.15) is 0 Å². The second-order valence-electron chi connectivity index (χ2n) is 6.91. The van der Waals surface area contributed by atoms with Gasteiger partial charge in [0.2, 0.25) is 15.9 Å². The summed E-state index contributed by atoms with van der Waals surface area (Å²) < 4.78 is 51.6. The van der Waals surface area contributed by atoms with Crippen LogP contribution in [0.2, 0.25) is 0 Å². The molecule has 0 radical (unpaired) electrons. The molecule has 0 saturated carbocycles. The summed E-state index contributed by atoms with van der Waals surface area (Å²) in [6.07, 6.45) is 3.72. The van der Waals surface area contributed by atoms with E-state index in [0.29, 0.717) is 12.2 Å². The quantitative estimate of drug-likeness (QED) is 0.480. The molecule has 2 aromatic rings. The molecule has 0 bridgehead atoms. The Labute approximate surface area is 178 Å². The Kier molecular flexibility index (Phi) is 9.01. The lowest BCUT2D eigenvalue weighted by atomic mass is 10.2. The van der Waals surface area contributed by atoms with Gasteiger partial charge in [-0.15, -0.1) is 0 Å². The topological polar surface area (TPSA) is 109 Å². The van der Waals surface area contributed by atoms with Crippen LogP contribution in [0.1, 0.15) is 39.0 Å². The molecule has 30 heavy (non-hydrogen) atoms. The van der Waals surface area contributed by atoms with Gasteiger partial charge in [0.1, 0.15) is 0 Å². The van der Waals surface area contributed by atoms with Crippen molar-refractivity contribution in [1.29, 1.82) is 0 Å². The second-order valence-corrected chi connectivity index (χ2v) is 10.8. The van der Waals surface area contributed by atoms with E-state index in [9.17, 15) is 21.6 Å². The van der Waals surface area contributed by atoms with Crippen LogP contribution in [0.4, 0.5) is 5.69 Å². The summed E-state index contributed by atoms with van der Waals surface area (Å²) in [7, 11) is -7.13. The van der Waals surface area contributed by atoms with E-state index in [1.807, 2.05) is 0 Å². The van der Waals surface area contributed by atoms with Crippen LogP contribution in [-0.4, -0.2) is 35.0 Å². The minimum Gasteiger partial charge on any atom is -0.326 e. The maximum Gasteiger partial charge on any atom is 0.240 e. The van der Waals surface area contributed by atoms with E-state index in [4.69, 9.17) is 0 Å². The number of hydrogen-bond donors (Lipinski definition) is 2. The van der Waals surface area contributed by atoms with Crippen LogP contribution in [0.25, 0.3) is 0 Å². The molecule has 0 aliphatic carbocycles. The van der Waals surface area contributed by atoms with Crippen LogP contribution in [0.5, 0.6) is 0 Å². The van der Waals surface area contributed by atoms with E-state index in [2.05, 4.69) is 17.0 Å². The van der Waals surface area contributed by atoms with Crippen molar-refractivity contribution in [2.24, 2.45) is 0 Å². The normalized spacial score (nSPS) is 11.9. The van der Waals surface area contributed by atoms with E-state index < -0.39 is 25.8 Å². The van der Waals surface area contributed by atoms with Gasteiger partial charge in [0.25, 0.3) is 0 Å². The third-order valence-corrected chi connectivity index (χ3v) is 7.68. The number of sulfone groups is 1. The van der Waals surface area contributed by atoms with Crippen molar-refractivity contribution in [3.05, 3.63) is 54.6 Å². The standard InChI is InChI=1S/C21H28N2O5S2/c1-2-3-4-8-16-22-30(27,28)20-13-11-18(12-14-20)23-21(24)15-17-29(25,26)19-9-6-5-7-10-19/h5-7,9-14,22H,2-4,8,15-17H2,1H3,(H,23,24). The molecule has 9 heteroatoms. The molecule has 2 rings (SSSR count). The first-order chi connectivity index (χ1) is 14.2. The summed E-state index contributed by atoms with van der Waals surface area (Å²) in [5.41, 5.74) is 0.402. The van der Waals surface area contributed by atoms with Crippen LogP contribution >= 0.6 is 0 Å². The van der Waals surface area contributed by atoms with Gasteiger partial charge in [-0.3, -0.25) is 4.79 Å². The van der Waals surface area contributed by atoms with Crippen molar-refractivity contribution in [3.8, 4) is 0 Å². The highest BCUT2D eigenvalue weighted by molar-refractivity contribution is 7.91. The Bertz CT molecular complexity index is 1020. The number of hydrogen-bond acceptors (Lipinski definition) is 5. The maximum absolute atomic E-state index is 12.3. The lowest BCUT2D eigenvalue weighted by Crippen LogP contribution is -2.24. The predicted molar refractivity (Wildman–Crippen MR) is 118 cm³/mol. The van der Waals surface area contributed by atoms with Gasteiger partial charge in [0.05, 0.1) is 15.5 Å². The fraction of sp³-hybridized carbons (Fsp3) is 0.381. The molecular formula is C21H28N2O5S2. The summed E-state index contributed by atoms with van der Waals surface area (Å²) in [6.45, 7) is 2.48. The van der Waals surface area contributed by atoms with E-state index >= 15 is 0 Å². The highest BCUT2D eigenvalue weighted by Gasteiger charge is 2.17. The highest BCUT2D eigenvalue weighted by atomic mass is 32.2. The third kappa shape index (κ3) is 7.55. The molecule has 0 atom stereocenters. The number of sulfonamides is 1. The van der Waals surface area contributed by atoms with Crippen molar-refractivity contribution in [2.45, 2.75) is 48.8 Å². The van der Waals surface area contributed by atoms with E-state index in [1.165, 1.54) is 36.4 Å². The minimum absolute atomic E-state index is 0.114. The number of carbonyl (C=O) groups excluding carboxylic acids is 1. The van der Waals surface area contributed by atoms with Crippen molar-refractivity contribution < 1.29 is 21.6 Å². The molecule has 2 N–H and O–H groups in total. The molecular weight excluding hydrogens is 424 g/mol. The van der Waals surface area contributed by atoms with Crippen molar-refractivity contribution >= 4 is 31.5 Å². The lowest BCUT2D eigenvalue weighted by Gasteiger charge is -2.09. The second kappa shape index (κ2) is 11.2. The van der Waals surface area contributed by atoms with Gasteiger partial charge < -0.3 is 5.32 Å². The molecule has 0 aromatic heterocycles. The number of benzene rings is 2. The molecule has 0 unspecified atom stereocenters. The first-order valence-electron chi connectivity index (χ1n) is 9.92. The van der Waals surface area contributed by atoms with Crippen molar-refractivity contribution in [2.75, 3.05) is 17.6 Å². The average Bonchev–Trinajstić information content (AvgIpc) is 2.73. The van der Waals surface area contributed by atoms with Crippen LogP contribution in [0.3, 0.4) is 0 Å². The molecule has 0 aliphatic heterocycles. The summed E-state index contributed by atoms with van der Waals surface area (Å²) in [6, 6.07) is 13.7. The van der Waals surface area contributed by atoms with E-state index in [1.54, 1.807) is 18.2 Å². The van der Waals surface area contributed by atoms with Gasteiger partial charge in [-0.1, -0.05) is 44.4 Å². The van der Waals surface area contributed by atoms with Crippen LogP contribution < -0.4 is 10.0 Å². The van der Waals surface area contributed by atoms with E-state index in [0.717, 1.165) is 25.7 Å². The lowest BCUT2D eigenvalue weighted by molar-refractivity contribution is -0.115. The van der Waals surface area contributed by atoms with Gasteiger partial charge in [-0.05, 0) is 42.8 Å². The highest BCUT2D eigenvalue weighted by Crippen LogP contribution is 2.15. The molecule has 0 saturated heterocycles. The predicted octanol–water partition coefficient (Wildman–Crippen LogP) is 3.35. The minimum atomic E-state index is -3.59. The fourth-order valence-electron chi connectivity index (χ4n) is 2.76. The molecule has 0 spiro atoms. The zero-order valence-corrected chi connectivity index (χ0v) is 18.6. The zero-order chi connectivity index (χ0) is 22.0. The molecule has 7 nitrogen and oxygen atoms in total. The summed E-state index contributed by atoms with van der Waals surface area (Å²) >= 11 is 0. The van der Waals surface area contributed by atoms with E-state index in [-0.39, 0.29) is 22.0 Å². The molecule has 1 amide bonds. The number of amides is 1. The first kappa shape index (κ1) is 24.0. The van der Waals surface area contributed by atoms with Crippen LogP contribution in [-0.2, 0) is 24.7 Å². The Morgan fingerprint density at radius 3 is 2.13 bits per heavy atom. The third-order valence-electron chi connectivity index (χ3n) is 4.47. The van der Waals surface area contributed by atoms with Gasteiger partial charge in [0, 0.05) is 18.7 Å². The molecule has 0 aliphatic rings. The summed E-state index contributed by atoms with van der Waals surface area (Å²) in [5.74, 6) is -0.767. The number of carbonyl (C=O) groups is 1. The monoisotopic (exact) mass is 452 g/mol. The molecule has 0 heterocycles. The van der Waals surface area contributed by atoms with Crippen molar-refractivity contribution in [1.82, 2.24) is 4.72 Å². The van der Waals surface area contributed by atoms with Crippen LogP contribution in [0.15, 0.2) is 64.4 Å². The summed E-state index contributed by atoms with van der Waals surface area (Å²) in [4.78, 5) is 12.4. The SMILES string of the molecule is CCCCCCNS(=O)(=O)c1ccc(NC(=O)CCS(=O)(=O)c2ccccc2)cc1. The Morgan fingerprint density at radius 1 is 0.833 bits per heavy atom. The smallest absolute Gasteiger partial charge is 0.240 e. The maximum atomic E-state index is 12.3. The van der Waals surface area contributed by atoms with Crippen LogP contribution in [0, 0.1) is 0 Å². The molecule has 2 aromatic carbocycles. The van der Waals surface area contributed by atoms with Crippen molar-refractivity contribution in [3.63, 3.8) is 0 Å². The molecule has 164 valence electrons. The zero-order valence-electron chi connectivity index (χ0n) is 17.0. The van der Waals surface area contributed by atoms with Gasteiger partial charge in [-0.25, -0.2) is 21.6 Å². The Balaban J connectivity index is 1.87. The number of nitrogens with one attached hydrogen (secondary N) is 2. The first-order valence-corrected chi connectivity index (χ1v) is 13.1. The van der Waals surface area contributed by atoms with Gasteiger partial charge >= 0.3 is 0 Å². The summed E-state index contributed by atoms with van der Waals surface area (Å²) in [5, 5.41) is 2.59. The number of rotatable bonds is 12. The number of unbranched alkanes of at least 4 members (excludes halogenated alkanes) is 3.